The molecular weight excluding hydrogens is 425 g/mol. The van der Waals surface area contributed by atoms with Gasteiger partial charge in [0, 0.05) is 30.1 Å². The summed E-state index contributed by atoms with van der Waals surface area (Å²) >= 11 is 12.2. The Bertz CT molecular complexity index is 1200. The first-order valence-electron chi connectivity index (χ1n) is 7.98. The molecule has 3 rings (SSSR count). The zero-order valence-electron chi connectivity index (χ0n) is 14.8. The molecule has 3 aromatic rings. The number of carbonyl (C=O) groups excluding carboxylic acids is 2. The van der Waals surface area contributed by atoms with Crippen molar-refractivity contribution in [3.05, 3.63) is 58.2 Å². The minimum atomic E-state index is -3.93. The van der Waals surface area contributed by atoms with Crippen LogP contribution in [0.1, 0.15) is 17.4 Å². The molecule has 28 heavy (non-hydrogen) atoms. The van der Waals surface area contributed by atoms with Gasteiger partial charge in [0.2, 0.25) is 5.91 Å². The first kappa shape index (κ1) is 20.2. The molecule has 0 bridgehead atoms. The van der Waals surface area contributed by atoms with Gasteiger partial charge in [-0.25, -0.2) is 13.1 Å². The maximum absolute atomic E-state index is 12.6. The number of hydrogen-bond acceptors (Lipinski definition) is 4. The number of nitrogens with one attached hydrogen (secondary N) is 2. The molecule has 146 valence electrons. The van der Waals surface area contributed by atoms with E-state index < -0.39 is 21.8 Å². The second-order valence-electron chi connectivity index (χ2n) is 6.05. The highest BCUT2D eigenvalue weighted by Crippen LogP contribution is 2.30. The molecule has 1 heterocycles. The molecule has 0 aliphatic rings. The van der Waals surface area contributed by atoms with Crippen molar-refractivity contribution in [3.63, 3.8) is 0 Å². The van der Waals surface area contributed by atoms with Crippen LogP contribution in [0.4, 0.5) is 5.69 Å². The van der Waals surface area contributed by atoms with Crippen molar-refractivity contribution in [2.75, 3.05) is 5.32 Å². The summed E-state index contributed by atoms with van der Waals surface area (Å²) in [6.45, 7) is 1.11. The highest BCUT2D eigenvalue weighted by atomic mass is 35.5. The van der Waals surface area contributed by atoms with E-state index >= 15 is 0 Å². The third kappa shape index (κ3) is 3.99. The van der Waals surface area contributed by atoms with Crippen LogP contribution >= 0.6 is 23.2 Å². The van der Waals surface area contributed by atoms with Crippen LogP contribution < -0.4 is 10.0 Å². The van der Waals surface area contributed by atoms with Crippen molar-refractivity contribution < 1.29 is 18.0 Å². The van der Waals surface area contributed by atoms with Crippen molar-refractivity contribution >= 4 is 61.6 Å². The van der Waals surface area contributed by atoms with Crippen LogP contribution in [0.15, 0.2) is 47.4 Å². The summed E-state index contributed by atoms with van der Waals surface area (Å²) in [6, 6.07) is 10.4. The van der Waals surface area contributed by atoms with Crippen molar-refractivity contribution in [2.45, 2.75) is 11.8 Å². The molecule has 0 saturated heterocycles. The fraction of sp³-hybridized carbons (Fsp3) is 0.111. The summed E-state index contributed by atoms with van der Waals surface area (Å²) in [5, 5.41) is 4.28. The van der Waals surface area contributed by atoms with Crippen LogP contribution in [0.3, 0.4) is 0 Å². The fourth-order valence-corrected chi connectivity index (χ4v) is 4.26. The second kappa shape index (κ2) is 7.46. The molecule has 2 N–H and O–H groups in total. The van der Waals surface area contributed by atoms with Crippen LogP contribution in [0.2, 0.25) is 10.0 Å². The van der Waals surface area contributed by atoms with E-state index in [0.717, 1.165) is 6.92 Å². The summed E-state index contributed by atoms with van der Waals surface area (Å²) in [6.07, 6.45) is 0. The molecule has 10 heteroatoms. The van der Waals surface area contributed by atoms with Gasteiger partial charge >= 0.3 is 0 Å². The number of rotatable bonds is 4. The number of sulfonamides is 1. The topological polar surface area (TPSA) is 97.3 Å². The quantitative estimate of drug-likeness (QED) is 0.648. The number of halogens is 2. The van der Waals surface area contributed by atoms with Crippen LogP contribution in [-0.2, 0) is 21.9 Å². The van der Waals surface area contributed by atoms with E-state index in [0.29, 0.717) is 32.3 Å². The number of hydrogen-bond donors (Lipinski definition) is 2. The minimum absolute atomic E-state index is 0.0910. The molecular formula is C18H15Cl2N3O4S. The molecule has 0 unspecified atom stereocenters. The van der Waals surface area contributed by atoms with Gasteiger partial charge in [0.25, 0.3) is 15.9 Å². The monoisotopic (exact) mass is 439 g/mol. The Morgan fingerprint density at radius 1 is 1.04 bits per heavy atom. The Labute approximate surface area is 171 Å². The summed E-state index contributed by atoms with van der Waals surface area (Å²) in [7, 11) is -2.22. The summed E-state index contributed by atoms with van der Waals surface area (Å²) in [5.41, 5.74) is 1.45. The molecule has 0 aliphatic heterocycles. The molecule has 0 aliphatic carbocycles. The van der Waals surface area contributed by atoms with Crippen LogP contribution in [0.5, 0.6) is 0 Å². The van der Waals surface area contributed by atoms with Crippen LogP contribution in [0.25, 0.3) is 10.9 Å². The summed E-state index contributed by atoms with van der Waals surface area (Å²) < 4.78 is 27.4. The first-order chi connectivity index (χ1) is 13.1. The van der Waals surface area contributed by atoms with Gasteiger partial charge in [-0.3, -0.25) is 9.59 Å². The molecule has 0 fully saturated rings. The number of nitrogens with zero attached hydrogens (tertiary/aromatic N) is 1. The number of aryl methyl sites for hydroxylation is 1. The van der Waals surface area contributed by atoms with Gasteiger partial charge in [0.15, 0.2) is 0 Å². The standard InChI is InChI=1S/C18H15Cl2N3O4S/c1-10(24)22-28(26,27)13-5-3-12(4-6-13)21-18(25)17-9-14-15(20)7-11(19)8-16(14)23(17)2/h3-9H,1-2H3,(H,21,25)(H,22,24). The van der Waals surface area contributed by atoms with E-state index in [2.05, 4.69) is 5.32 Å². The highest BCUT2D eigenvalue weighted by molar-refractivity contribution is 7.90. The van der Waals surface area contributed by atoms with Crippen LogP contribution in [-0.4, -0.2) is 24.8 Å². The number of fused-ring (bicyclic) bond motifs is 1. The summed E-state index contributed by atoms with van der Waals surface area (Å²) in [5.74, 6) is -1.09. The lowest BCUT2D eigenvalue weighted by Crippen LogP contribution is -2.28. The third-order valence-electron chi connectivity index (χ3n) is 4.01. The Balaban J connectivity index is 1.86. The molecule has 0 atom stereocenters. The number of benzene rings is 2. The van der Waals surface area contributed by atoms with Gasteiger partial charge in [-0.1, -0.05) is 23.2 Å². The Hall–Kier alpha value is -2.55. The van der Waals surface area contributed by atoms with E-state index in [1.807, 2.05) is 4.72 Å². The predicted octanol–water partition coefficient (Wildman–Crippen LogP) is 3.56. The van der Waals surface area contributed by atoms with E-state index in [-0.39, 0.29) is 4.90 Å². The van der Waals surface area contributed by atoms with Crippen LogP contribution in [0, 0.1) is 0 Å². The molecule has 2 amide bonds. The van der Waals surface area contributed by atoms with Crippen molar-refractivity contribution in [2.24, 2.45) is 7.05 Å². The van der Waals surface area contributed by atoms with Gasteiger partial charge in [-0.2, -0.15) is 0 Å². The van der Waals surface area contributed by atoms with Gasteiger partial charge in [0.05, 0.1) is 15.4 Å². The van der Waals surface area contributed by atoms with E-state index in [9.17, 15) is 18.0 Å². The fourth-order valence-electron chi connectivity index (χ4n) is 2.73. The minimum Gasteiger partial charge on any atom is -0.340 e. The molecule has 0 spiro atoms. The average molecular weight is 440 g/mol. The SMILES string of the molecule is CC(=O)NS(=O)(=O)c1ccc(NC(=O)c2cc3c(Cl)cc(Cl)cc3n2C)cc1. The Morgan fingerprint density at radius 2 is 1.68 bits per heavy atom. The van der Waals surface area contributed by atoms with E-state index in [4.69, 9.17) is 23.2 Å². The third-order valence-corrected chi connectivity index (χ3v) is 5.99. The van der Waals surface area contributed by atoms with Gasteiger partial charge in [-0.05, 0) is 42.5 Å². The van der Waals surface area contributed by atoms with Crippen molar-refractivity contribution in [1.82, 2.24) is 9.29 Å². The van der Waals surface area contributed by atoms with Gasteiger partial charge in [-0.15, -0.1) is 0 Å². The number of carbonyl (C=O) groups is 2. The molecule has 0 radical (unpaired) electrons. The van der Waals surface area contributed by atoms with E-state index in [1.54, 1.807) is 29.8 Å². The molecule has 2 aromatic carbocycles. The smallest absolute Gasteiger partial charge is 0.272 e. The lowest BCUT2D eigenvalue weighted by molar-refractivity contribution is -0.117. The summed E-state index contributed by atoms with van der Waals surface area (Å²) in [4.78, 5) is 23.5. The Kier molecular flexibility index (Phi) is 5.38. The van der Waals surface area contributed by atoms with Gasteiger partial charge in [0.1, 0.15) is 5.69 Å². The lowest BCUT2D eigenvalue weighted by Gasteiger charge is -2.08. The highest BCUT2D eigenvalue weighted by Gasteiger charge is 2.18. The maximum atomic E-state index is 12.6. The number of anilines is 1. The second-order valence-corrected chi connectivity index (χ2v) is 8.58. The first-order valence-corrected chi connectivity index (χ1v) is 10.2. The lowest BCUT2D eigenvalue weighted by atomic mass is 10.2. The zero-order valence-corrected chi connectivity index (χ0v) is 17.1. The predicted molar refractivity (Wildman–Crippen MR) is 108 cm³/mol. The molecule has 1 aromatic heterocycles. The Morgan fingerprint density at radius 3 is 2.29 bits per heavy atom. The number of amides is 2. The zero-order chi connectivity index (χ0) is 20.6. The normalized spacial score (nSPS) is 11.4. The maximum Gasteiger partial charge on any atom is 0.272 e. The largest absolute Gasteiger partial charge is 0.340 e. The van der Waals surface area contributed by atoms with E-state index in [1.165, 1.54) is 24.3 Å². The number of aromatic nitrogens is 1. The molecule has 0 saturated carbocycles. The molecule has 7 nitrogen and oxygen atoms in total. The average Bonchev–Trinajstić information content (AvgIpc) is 2.92. The van der Waals surface area contributed by atoms with Crippen molar-refractivity contribution in [3.8, 4) is 0 Å². The van der Waals surface area contributed by atoms with Gasteiger partial charge < -0.3 is 9.88 Å². The van der Waals surface area contributed by atoms with Crippen molar-refractivity contribution in [1.29, 1.82) is 0 Å².